The number of hydrogen-bond acceptors (Lipinski definition) is 4. The highest BCUT2D eigenvalue weighted by Gasteiger charge is 2.10. The third-order valence-electron chi connectivity index (χ3n) is 3.67. The van der Waals surface area contributed by atoms with Gasteiger partial charge < -0.3 is 5.32 Å². The Labute approximate surface area is 142 Å². The summed E-state index contributed by atoms with van der Waals surface area (Å²) >= 11 is 0. The van der Waals surface area contributed by atoms with Gasteiger partial charge in [0.1, 0.15) is 17.5 Å². The van der Waals surface area contributed by atoms with E-state index < -0.39 is 11.6 Å². The predicted octanol–water partition coefficient (Wildman–Crippen LogP) is 4.71. The third kappa shape index (κ3) is 3.14. The van der Waals surface area contributed by atoms with Crippen LogP contribution in [-0.4, -0.2) is 15.0 Å². The second kappa shape index (κ2) is 6.24. The van der Waals surface area contributed by atoms with Crippen molar-refractivity contribution in [1.82, 2.24) is 15.0 Å². The van der Waals surface area contributed by atoms with Gasteiger partial charge in [-0.2, -0.15) is 0 Å². The summed E-state index contributed by atoms with van der Waals surface area (Å²) in [5.41, 5.74) is 1.81. The van der Waals surface area contributed by atoms with Crippen LogP contribution >= 0.6 is 0 Å². The molecule has 0 amide bonds. The maximum atomic E-state index is 13.5. The number of halogens is 2. The summed E-state index contributed by atoms with van der Waals surface area (Å²) < 4.78 is 26.9. The molecule has 0 aliphatic rings. The van der Waals surface area contributed by atoms with Crippen molar-refractivity contribution in [3.8, 4) is 11.4 Å². The molecule has 0 saturated carbocycles. The fourth-order valence-corrected chi connectivity index (χ4v) is 2.56. The summed E-state index contributed by atoms with van der Waals surface area (Å²) in [6.07, 6.45) is 3.31. The van der Waals surface area contributed by atoms with E-state index in [9.17, 15) is 8.78 Å². The Balaban J connectivity index is 1.86. The SMILES string of the molecule is Fc1cc(F)cc(Nc2nc(-c3ccncc3)nc3ccccc23)c1. The zero-order valence-corrected chi connectivity index (χ0v) is 12.9. The highest BCUT2D eigenvalue weighted by atomic mass is 19.1. The molecule has 0 atom stereocenters. The van der Waals surface area contributed by atoms with Crippen molar-refractivity contribution in [3.05, 3.63) is 78.6 Å². The minimum absolute atomic E-state index is 0.280. The summed E-state index contributed by atoms with van der Waals surface area (Å²) in [6, 6.07) is 14.3. The number of hydrogen-bond donors (Lipinski definition) is 1. The van der Waals surface area contributed by atoms with Gasteiger partial charge in [0.05, 0.1) is 5.52 Å². The third-order valence-corrected chi connectivity index (χ3v) is 3.67. The van der Waals surface area contributed by atoms with E-state index in [2.05, 4.69) is 20.3 Å². The van der Waals surface area contributed by atoms with Crippen LogP contribution in [0.4, 0.5) is 20.3 Å². The van der Waals surface area contributed by atoms with E-state index in [1.54, 1.807) is 24.5 Å². The number of benzene rings is 2. The average Bonchev–Trinajstić information content (AvgIpc) is 2.61. The summed E-state index contributed by atoms with van der Waals surface area (Å²) in [6.45, 7) is 0. The van der Waals surface area contributed by atoms with E-state index in [4.69, 9.17) is 0 Å². The molecule has 4 aromatic rings. The maximum absolute atomic E-state index is 13.5. The highest BCUT2D eigenvalue weighted by Crippen LogP contribution is 2.27. The quantitative estimate of drug-likeness (QED) is 0.589. The number of anilines is 2. The molecule has 0 saturated heterocycles. The van der Waals surface area contributed by atoms with Crippen molar-refractivity contribution in [2.75, 3.05) is 5.32 Å². The molecule has 0 spiro atoms. The van der Waals surface area contributed by atoms with Crippen molar-refractivity contribution in [2.24, 2.45) is 0 Å². The van der Waals surface area contributed by atoms with Crippen LogP contribution in [0.15, 0.2) is 67.0 Å². The van der Waals surface area contributed by atoms with Gasteiger partial charge in [0.2, 0.25) is 0 Å². The molecular weight excluding hydrogens is 322 g/mol. The maximum Gasteiger partial charge on any atom is 0.162 e. The molecule has 6 heteroatoms. The molecule has 0 radical (unpaired) electrons. The van der Waals surface area contributed by atoms with E-state index in [1.807, 2.05) is 24.3 Å². The van der Waals surface area contributed by atoms with Crippen LogP contribution < -0.4 is 5.32 Å². The fourth-order valence-electron chi connectivity index (χ4n) is 2.56. The van der Waals surface area contributed by atoms with Gasteiger partial charge in [0.15, 0.2) is 5.82 Å². The van der Waals surface area contributed by atoms with Crippen LogP contribution in [0.25, 0.3) is 22.3 Å². The molecule has 25 heavy (non-hydrogen) atoms. The lowest BCUT2D eigenvalue weighted by Crippen LogP contribution is -2.00. The van der Waals surface area contributed by atoms with Gasteiger partial charge in [0, 0.05) is 35.1 Å². The zero-order chi connectivity index (χ0) is 17.2. The first-order valence-electron chi connectivity index (χ1n) is 7.59. The number of rotatable bonds is 3. The second-order valence-electron chi connectivity index (χ2n) is 5.43. The first-order chi connectivity index (χ1) is 12.2. The lowest BCUT2D eigenvalue weighted by Gasteiger charge is -2.11. The highest BCUT2D eigenvalue weighted by molar-refractivity contribution is 5.92. The van der Waals surface area contributed by atoms with Crippen molar-refractivity contribution in [3.63, 3.8) is 0 Å². The minimum atomic E-state index is -0.657. The van der Waals surface area contributed by atoms with Crippen molar-refractivity contribution in [1.29, 1.82) is 0 Å². The molecule has 2 aromatic carbocycles. The number of nitrogens with zero attached hydrogens (tertiary/aromatic N) is 3. The number of para-hydroxylation sites is 1. The topological polar surface area (TPSA) is 50.7 Å². The van der Waals surface area contributed by atoms with Crippen LogP contribution in [0.1, 0.15) is 0 Å². The molecule has 122 valence electrons. The van der Waals surface area contributed by atoms with Gasteiger partial charge in [-0.1, -0.05) is 12.1 Å². The van der Waals surface area contributed by atoms with Crippen LogP contribution in [0, 0.1) is 11.6 Å². The van der Waals surface area contributed by atoms with Crippen LogP contribution in [-0.2, 0) is 0 Å². The van der Waals surface area contributed by atoms with E-state index in [-0.39, 0.29) is 5.69 Å². The number of fused-ring (bicyclic) bond motifs is 1. The van der Waals surface area contributed by atoms with Crippen molar-refractivity contribution in [2.45, 2.75) is 0 Å². The van der Waals surface area contributed by atoms with Crippen LogP contribution in [0.2, 0.25) is 0 Å². The van der Waals surface area contributed by atoms with E-state index in [0.717, 1.165) is 22.5 Å². The molecule has 2 heterocycles. The monoisotopic (exact) mass is 334 g/mol. The zero-order valence-electron chi connectivity index (χ0n) is 12.9. The summed E-state index contributed by atoms with van der Waals surface area (Å²) in [5.74, 6) is -0.340. The van der Waals surface area contributed by atoms with Gasteiger partial charge in [-0.15, -0.1) is 0 Å². The van der Waals surface area contributed by atoms with Gasteiger partial charge in [-0.05, 0) is 36.4 Å². The van der Waals surface area contributed by atoms with Gasteiger partial charge in [-0.25, -0.2) is 18.7 Å². The molecule has 0 aliphatic heterocycles. The minimum Gasteiger partial charge on any atom is -0.339 e. The predicted molar refractivity (Wildman–Crippen MR) is 92.4 cm³/mol. The molecule has 0 fully saturated rings. The smallest absolute Gasteiger partial charge is 0.162 e. The molecule has 4 rings (SSSR count). The first-order valence-corrected chi connectivity index (χ1v) is 7.59. The summed E-state index contributed by atoms with van der Waals surface area (Å²) in [5, 5.41) is 3.75. The molecule has 1 N–H and O–H groups in total. The lowest BCUT2D eigenvalue weighted by molar-refractivity contribution is 0.584. The molecule has 2 aromatic heterocycles. The van der Waals surface area contributed by atoms with Crippen LogP contribution in [0.3, 0.4) is 0 Å². The number of nitrogens with one attached hydrogen (secondary N) is 1. The Morgan fingerprint density at radius 2 is 1.52 bits per heavy atom. The first kappa shape index (κ1) is 15.1. The molecule has 0 unspecified atom stereocenters. The summed E-state index contributed by atoms with van der Waals surface area (Å²) in [4.78, 5) is 13.1. The summed E-state index contributed by atoms with van der Waals surface area (Å²) in [7, 11) is 0. The Morgan fingerprint density at radius 3 is 2.28 bits per heavy atom. The normalized spacial score (nSPS) is 10.8. The Kier molecular flexibility index (Phi) is 3.78. The average molecular weight is 334 g/mol. The largest absolute Gasteiger partial charge is 0.339 e. The lowest BCUT2D eigenvalue weighted by atomic mass is 10.2. The standard InChI is InChI=1S/C19H12F2N4/c20-13-9-14(21)11-15(10-13)23-19-16-3-1-2-4-17(16)24-18(25-19)12-5-7-22-8-6-12/h1-11H,(H,23,24,25). The molecular formula is C19H12F2N4. The van der Waals surface area contributed by atoms with Gasteiger partial charge >= 0.3 is 0 Å². The molecule has 4 nitrogen and oxygen atoms in total. The van der Waals surface area contributed by atoms with Crippen LogP contribution in [0.5, 0.6) is 0 Å². The molecule has 0 aliphatic carbocycles. The van der Waals surface area contributed by atoms with Crippen molar-refractivity contribution < 1.29 is 8.78 Å². The van der Waals surface area contributed by atoms with Gasteiger partial charge in [-0.3, -0.25) is 4.98 Å². The Hall–Kier alpha value is -3.41. The Bertz CT molecular complexity index is 1030. The van der Waals surface area contributed by atoms with Gasteiger partial charge in [0.25, 0.3) is 0 Å². The van der Waals surface area contributed by atoms with Crippen molar-refractivity contribution >= 4 is 22.4 Å². The number of aromatic nitrogens is 3. The fraction of sp³-hybridized carbons (Fsp3) is 0. The second-order valence-corrected chi connectivity index (χ2v) is 5.43. The van der Waals surface area contributed by atoms with E-state index in [1.165, 1.54) is 12.1 Å². The number of pyridine rings is 1. The van der Waals surface area contributed by atoms with E-state index in [0.29, 0.717) is 11.6 Å². The Morgan fingerprint density at radius 1 is 0.800 bits per heavy atom. The van der Waals surface area contributed by atoms with E-state index >= 15 is 0 Å². The molecule has 0 bridgehead atoms.